The van der Waals surface area contributed by atoms with Gasteiger partial charge in [0.25, 0.3) is 0 Å². The number of alkyl halides is 3. The fourth-order valence-corrected chi connectivity index (χ4v) is 4.04. The maximum absolute atomic E-state index is 13.0. The summed E-state index contributed by atoms with van der Waals surface area (Å²) in [6, 6.07) is 1.13. The van der Waals surface area contributed by atoms with Crippen LogP contribution < -0.4 is 5.32 Å². The average molecular weight is 380 g/mol. The lowest BCUT2D eigenvalue weighted by Crippen LogP contribution is -2.22. The number of hydrogen-bond acceptors (Lipinski definition) is 3. The van der Waals surface area contributed by atoms with Gasteiger partial charge in [-0.3, -0.25) is 14.7 Å². The van der Waals surface area contributed by atoms with Crippen molar-refractivity contribution < 1.29 is 18.0 Å². The highest BCUT2D eigenvalue weighted by Gasteiger charge is 2.33. The van der Waals surface area contributed by atoms with Crippen molar-refractivity contribution in [2.75, 3.05) is 5.32 Å². The number of hydrogen-bond donors (Lipinski definition) is 1. The second kappa shape index (κ2) is 7.13. The van der Waals surface area contributed by atoms with Gasteiger partial charge in [0.15, 0.2) is 5.65 Å². The molecule has 27 heavy (non-hydrogen) atoms. The number of fused-ring (bicyclic) bond motifs is 1. The fraction of sp³-hybridized carbons (Fsp3) is 0.632. The van der Waals surface area contributed by atoms with Crippen molar-refractivity contribution in [3.8, 4) is 0 Å². The van der Waals surface area contributed by atoms with Gasteiger partial charge >= 0.3 is 6.18 Å². The summed E-state index contributed by atoms with van der Waals surface area (Å²) < 4.78 is 40.7. The molecule has 2 fully saturated rings. The zero-order valence-electron chi connectivity index (χ0n) is 15.1. The molecule has 2 aromatic rings. The normalized spacial score (nSPS) is 18.8. The van der Waals surface area contributed by atoms with Gasteiger partial charge in [-0.1, -0.05) is 25.7 Å². The monoisotopic (exact) mass is 380 g/mol. The molecule has 2 aliphatic carbocycles. The van der Waals surface area contributed by atoms with Gasteiger partial charge in [-0.2, -0.15) is 13.2 Å². The summed E-state index contributed by atoms with van der Waals surface area (Å²) in [4.78, 5) is 20.7. The highest BCUT2D eigenvalue weighted by molar-refractivity contribution is 5.91. The van der Waals surface area contributed by atoms with Crippen LogP contribution in [0, 0.1) is 5.92 Å². The van der Waals surface area contributed by atoms with Crippen LogP contribution in [0.4, 0.5) is 19.1 Å². The predicted octanol–water partition coefficient (Wildman–Crippen LogP) is 5.08. The lowest BCUT2D eigenvalue weighted by molar-refractivity contribution is -0.137. The summed E-state index contributed by atoms with van der Waals surface area (Å²) in [5, 5.41) is 2.82. The van der Waals surface area contributed by atoms with E-state index in [-0.39, 0.29) is 17.5 Å². The van der Waals surface area contributed by atoms with E-state index in [1.807, 2.05) is 0 Å². The van der Waals surface area contributed by atoms with Crippen molar-refractivity contribution >= 4 is 23.0 Å². The number of nitrogens with zero attached hydrogens (tertiary/aromatic N) is 3. The molecule has 5 nitrogen and oxygen atoms in total. The molecular weight excluding hydrogens is 357 g/mol. The molecule has 0 spiro atoms. The van der Waals surface area contributed by atoms with E-state index < -0.39 is 11.7 Å². The van der Waals surface area contributed by atoms with Crippen LogP contribution in [-0.2, 0) is 11.0 Å². The average Bonchev–Trinajstić information content (AvgIpc) is 3.19. The number of rotatable bonds is 5. The van der Waals surface area contributed by atoms with E-state index in [4.69, 9.17) is 0 Å². The van der Waals surface area contributed by atoms with Crippen molar-refractivity contribution in [1.82, 2.24) is 14.5 Å². The second-order valence-corrected chi connectivity index (χ2v) is 7.69. The van der Waals surface area contributed by atoms with Crippen molar-refractivity contribution in [3.05, 3.63) is 17.8 Å². The molecule has 0 radical (unpaired) electrons. The maximum atomic E-state index is 13.0. The quantitative estimate of drug-likeness (QED) is 0.786. The Bertz CT molecular complexity index is 835. The number of anilines is 1. The van der Waals surface area contributed by atoms with Crippen LogP contribution >= 0.6 is 0 Å². The molecule has 0 aliphatic heterocycles. The van der Waals surface area contributed by atoms with Crippen LogP contribution in [0.2, 0.25) is 0 Å². The third-order valence-electron chi connectivity index (χ3n) is 5.80. The number of aromatic nitrogens is 3. The standard InChI is InChI=1S/C19H23F3N4O/c20-19(21,22)13-10-15-17(23-11-13)26(14-6-3-7-14)18(24-15)25-16(27)9-8-12-4-1-2-5-12/h10-12,14H,1-9H2,(H,24,25,27). The number of carbonyl (C=O) groups excluding carboxylic acids is 1. The summed E-state index contributed by atoms with van der Waals surface area (Å²) in [5.41, 5.74) is -0.256. The molecule has 8 heteroatoms. The highest BCUT2D eigenvalue weighted by atomic mass is 19.4. The molecular formula is C19H23F3N4O. The van der Waals surface area contributed by atoms with Crippen LogP contribution in [0.3, 0.4) is 0 Å². The largest absolute Gasteiger partial charge is 0.417 e. The first-order chi connectivity index (χ1) is 12.9. The van der Waals surface area contributed by atoms with Crippen molar-refractivity contribution in [3.63, 3.8) is 0 Å². The van der Waals surface area contributed by atoms with Gasteiger partial charge < -0.3 is 0 Å². The number of imidazole rings is 1. The highest BCUT2D eigenvalue weighted by Crippen LogP contribution is 2.38. The molecule has 4 rings (SSSR count). The number of pyridine rings is 1. The van der Waals surface area contributed by atoms with Gasteiger partial charge in [-0.25, -0.2) is 9.97 Å². The minimum atomic E-state index is -4.47. The smallest absolute Gasteiger partial charge is 0.296 e. The molecule has 0 saturated heterocycles. The summed E-state index contributed by atoms with van der Waals surface area (Å²) in [6.45, 7) is 0. The first-order valence-corrected chi connectivity index (χ1v) is 9.67. The molecule has 2 aromatic heterocycles. The Balaban J connectivity index is 1.57. The van der Waals surface area contributed by atoms with Gasteiger partial charge in [0.05, 0.1) is 5.56 Å². The van der Waals surface area contributed by atoms with Gasteiger partial charge in [0.2, 0.25) is 11.9 Å². The van der Waals surface area contributed by atoms with Gasteiger partial charge in [-0.05, 0) is 37.7 Å². The van der Waals surface area contributed by atoms with Crippen LogP contribution in [0.1, 0.15) is 69.4 Å². The third kappa shape index (κ3) is 3.80. The molecule has 0 bridgehead atoms. The van der Waals surface area contributed by atoms with E-state index in [0.717, 1.165) is 37.9 Å². The Morgan fingerprint density at radius 1 is 1.19 bits per heavy atom. The molecule has 2 heterocycles. The zero-order valence-corrected chi connectivity index (χ0v) is 15.1. The Morgan fingerprint density at radius 3 is 2.56 bits per heavy atom. The number of nitrogens with one attached hydrogen (secondary N) is 1. The molecule has 146 valence electrons. The van der Waals surface area contributed by atoms with Gasteiger partial charge in [-0.15, -0.1) is 0 Å². The van der Waals surface area contributed by atoms with E-state index in [2.05, 4.69) is 15.3 Å². The summed E-state index contributed by atoms with van der Waals surface area (Å²) in [7, 11) is 0. The topological polar surface area (TPSA) is 59.8 Å². The Labute approximate surface area is 155 Å². The van der Waals surface area contributed by atoms with E-state index in [1.54, 1.807) is 4.57 Å². The molecule has 0 unspecified atom stereocenters. The van der Waals surface area contributed by atoms with Crippen molar-refractivity contribution in [2.24, 2.45) is 5.92 Å². The van der Waals surface area contributed by atoms with E-state index in [0.29, 0.717) is 23.9 Å². The number of halogens is 3. The predicted molar refractivity (Wildman–Crippen MR) is 95.2 cm³/mol. The molecule has 0 atom stereocenters. The summed E-state index contributed by atoms with van der Waals surface area (Å²) in [6.07, 6.45) is 5.35. The second-order valence-electron chi connectivity index (χ2n) is 7.69. The van der Waals surface area contributed by atoms with Crippen LogP contribution in [-0.4, -0.2) is 20.4 Å². The molecule has 2 saturated carbocycles. The number of amides is 1. The van der Waals surface area contributed by atoms with E-state index >= 15 is 0 Å². The zero-order chi connectivity index (χ0) is 19.0. The molecule has 1 N–H and O–H groups in total. The lowest BCUT2D eigenvalue weighted by atomic mass is 9.93. The molecule has 0 aromatic carbocycles. The fourth-order valence-electron chi connectivity index (χ4n) is 4.04. The molecule has 1 amide bonds. The Morgan fingerprint density at radius 2 is 1.93 bits per heavy atom. The molecule has 2 aliphatic rings. The van der Waals surface area contributed by atoms with Gasteiger partial charge in [0, 0.05) is 18.7 Å². The summed E-state index contributed by atoms with van der Waals surface area (Å²) in [5.74, 6) is 0.795. The van der Waals surface area contributed by atoms with Gasteiger partial charge in [0.1, 0.15) is 5.52 Å². The van der Waals surface area contributed by atoms with E-state index in [1.165, 1.54) is 25.7 Å². The maximum Gasteiger partial charge on any atom is 0.417 e. The Hall–Kier alpha value is -2.12. The minimum absolute atomic E-state index is 0.129. The lowest BCUT2D eigenvalue weighted by Gasteiger charge is -2.28. The van der Waals surface area contributed by atoms with Crippen LogP contribution in [0.15, 0.2) is 12.3 Å². The minimum Gasteiger partial charge on any atom is -0.296 e. The van der Waals surface area contributed by atoms with Crippen LogP contribution in [0.25, 0.3) is 11.2 Å². The first-order valence-electron chi connectivity index (χ1n) is 9.67. The van der Waals surface area contributed by atoms with Crippen molar-refractivity contribution in [1.29, 1.82) is 0 Å². The van der Waals surface area contributed by atoms with E-state index in [9.17, 15) is 18.0 Å². The third-order valence-corrected chi connectivity index (χ3v) is 5.80. The number of carbonyl (C=O) groups is 1. The Kier molecular flexibility index (Phi) is 4.82. The first kappa shape index (κ1) is 18.3. The SMILES string of the molecule is O=C(CCC1CCCC1)Nc1nc2cc(C(F)(F)F)cnc2n1C1CCC1. The summed E-state index contributed by atoms with van der Waals surface area (Å²) >= 11 is 0. The van der Waals surface area contributed by atoms with Crippen molar-refractivity contribution in [2.45, 2.75) is 70.0 Å². The van der Waals surface area contributed by atoms with Crippen LogP contribution in [0.5, 0.6) is 0 Å².